The van der Waals surface area contributed by atoms with Gasteiger partial charge in [0.15, 0.2) is 11.5 Å². The smallest absolute Gasteiger partial charge is 0.455 e. The number of nitro benzene ring substituents is 1. The molecule has 1 aliphatic carbocycles. The summed E-state index contributed by atoms with van der Waals surface area (Å²) in [5.41, 5.74) is 3.51. The van der Waals surface area contributed by atoms with Crippen LogP contribution in [0.1, 0.15) is 30.5 Å². The number of carbonyl (C=O) groups excluding carboxylic acids is 2. The molecule has 0 bridgehead atoms. The van der Waals surface area contributed by atoms with Gasteiger partial charge in [0, 0.05) is 18.3 Å². The number of allylic oxidation sites excluding steroid dienone is 1. The van der Waals surface area contributed by atoms with Crippen molar-refractivity contribution in [2.24, 2.45) is 17.8 Å². The molecule has 47 heavy (non-hydrogen) atoms. The molecule has 0 saturated carbocycles. The highest BCUT2D eigenvalue weighted by Crippen LogP contribution is 2.51. The summed E-state index contributed by atoms with van der Waals surface area (Å²) in [5, 5.41) is 43.1. The molecular formula is C33H31BIN3O9. The molecule has 3 N–H and O–H groups in total. The third-order valence-electron chi connectivity index (χ3n) is 9.08. The number of carbonyl (C=O) groups is 2. The van der Waals surface area contributed by atoms with Crippen LogP contribution in [0.5, 0.6) is 11.5 Å². The van der Waals surface area contributed by atoms with Gasteiger partial charge < -0.3 is 24.6 Å². The summed E-state index contributed by atoms with van der Waals surface area (Å²) in [5.74, 6) is -2.77. The Kier molecular flexibility index (Phi) is 9.46. The van der Waals surface area contributed by atoms with Crippen LogP contribution >= 0.6 is 22.6 Å². The lowest BCUT2D eigenvalue weighted by Gasteiger charge is -2.42. The van der Waals surface area contributed by atoms with Gasteiger partial charge in [0.2, 0.25) is 11.8 Å². The lowest BCUT2D eigenvalue weighted by molar-refractivity contribution is -0.384. The number of aliphatic hydroxyl groups excluding tert-OH is 1. The molecule has 1 aromatic heterocycles. The van der Waals surface area contributed by atoms with E-state index in [4.69, 9.17) is 9.39 Å². The summed E-state index contributed by atoms with van der Waals surface area (Å²) in [6.07, 6.45) is 3.96. The Balaban J connectivity index is 1.32. The first-order valence-corrected chi connectivity index (χ1v) is 16.2. The molecule has 0 unspecified atom stereocenters. The number of phenols is 1. The number of non-ortho nitro benzene ring substituents is 1. The molecule has 2 fully saturated rings. The van der Waals surface area contributed by atoms with Gasteiger partial charge in [-0.2, -0.15) is 0 Å². The van der Waals surface area contributed by atoms with Gasteiger partial charge >= 0.3 is 7.12 Å². The number of hydrogen-bond donors (Lipinski definition) is 3. The molecule has 2 saturated heterocycles. The largest absolute Gasteiger partial charge is 0.504 e. The Bertz CT molecular complexity index is 1800. The van der Waals surface area contributed by atoms with Gasteiger partial charge in [0.05, 0.1) is 51.5 Å². The van der Waals surface area contributed by atoms with Crippen LogP contribution in [0.25, 0.3) is 11.6 Å². The molecule has 3 heterocycles. The van der Waals surface area contributed by atoms with Crippen LogP contribution < -0.4 is 9.64 Å². The first-order valence-electron chi connectivity index (χ1n) is 15.1. The van der Waals surface area contributed by atoms with Crippen LogP contribution in [0.15, 0.2) is 71.9 Å². The van der Waals surface area contributed by atoms with Crippen molar-refractivity contribution in [1.82, 2.24) is 4.98 Å². The number of aromatic hydroxyl groups is 1. The number of ether oxygens (including phenoxy) is 1. The average molecular weight is 751 g/mol. The van der Waals surface area contributed by atoms with Crippen molar-refractivity contribution >= 4 is 64.5 Å². The number of fused-ring (bicyclic) bond motifs is 3. The summed E-state index contributed by atoms with van der Waals surface area (Å²) >= 11 is 2.03. The second-order valence-corrected chi connectivity index (χ2v) is 12.9. The lowest BCUT2D eigenvalue weighted by Crippen LogP contribution is -2.46. The first-order chi connectivity index (χ1) is 22.6. The fourth-order valence-corrected chi connectivity index (χ4v) is 7.68. The van der Waals surface area contributed by atoms with Gasteiger partial charge in [-0.3, -0.25) is 24.7 Å². The van der Waals surface area contributed by atoms with E-state index >= 15 is 0 Å². The third-order valence-corrected chi connectivity index (χ3v) is 9.90. The van der Waals surface area contributed by atoms with Crippen LogP contribution in [0.4, 0.5) is 11.4 Å². The number of aliphatic hydroxyl groups is 1. The van der Waals surface area contributed by atoms with Crippen molar-refractivity contribution < 1.29 is 39.1 Å². The minimum Gasteiger partial charge on any atom is -0.504 e. The highest BCUT2D eigenvalue weighted by atomic mass is 127. The maximum Gasteiger partial charge on any atom is 0.455 e. The van der Waals surface area contributed by atoms with E-state index in [2.05, 4.69) is 4.98 Å². The van der Waals surface area contributed by atoms with Crippen LogP contribution in [-0.4, -0.2) is 63.9 Å². The van der Waals surface area contributed by atoms with Gasteiger partial charge in [0.1, 0.15) is 0 Å². The van der Waals surface area contributed by atoms with E-state index < -0.39 is 47.7 Å². The second kappa shape index (κ2) is 13.5. The van der Waals surface area contributed by atoms with Gasteiger partial charge in [0.25, 0.3) is 5.69 Å². The summed E-state index contributed by atoms with van der Waals surface area (Å²) in [4.78, 5) is 44.0. The number of anilines is 1. The van der Waals surface area contributed by atoms with E-state index in [1.165, 1.54) is 31.4 Å². The Morgan fingerprint density at radius 1 is 1.19 bits per heavy atom. The number of aromatic nitrogens is 1. The Morgan fingerprint density at radius 2 is 2.00 bits per heavy atom. The molecule has 2 amide bonds. The fourth-order valence-electron chi connectivity index (χ4n) is 7.06. The average Bonchev–Trinajstić information content (AvgIpc) is 3.32. The molecule has 242 valence electrons. The maximum absolute atomic E-state index is 13.9. The maximum atomic E-state index is 13.9. The zero-order valence-electron chi connectivity index (χ0n) is 25.3. The molecule has 3 aliphatic rings. The van der Waals surface area contributed by atoms with Crippen LogP contribution in [0.2, 0.25) is 6.32 Å². The highest BCUT2D eigenvalue weighted by Gasteiger charge is 2.57. The molecule has 3 aromatic rings. The second-order valence-electron chi connectivity index (χ2n) is 11.7. The number of halogens is 1. The van der Waals surface area contributed by atoms with Crippen molar-refractivity contribution in [3.05, 3.63) is 96.9 Å². The predicted octanol–water partition coefficient (Wildman–Crippen LogP) is 4.62. The quantitative estimate of drug-likeness (QED) is 0.0700. The normalized spacial score (nSPS) is 22.8. The van der Waals surface area contributed by atoms with Crippen molar-refractivity contribution in [2.75, 3.05) is 18.6 Å². The van der Waals surface area contributed by atoms with Gasteiger partial charge in [-0.15, -0.1) is 0 Å². The van der Waals surface area contributed by atoms with Crippen molar-refractivity contribution in [3.63, 3.8) is 0 Å². The van der Waals surface area contributed by atoms with Crippen LogP contribution in [-0.2, 0) is 14.2 Å². The minimum atomic E-state index is -1.22. The van der Waals surface area contributed by atoms with E-state index in [0.29, 0.717) is 39.0 Å². The molecule has 2 aliphatic heterocycles. The number of nitro groups is 1. The van der Waals surface area contributed by atoms with E-state index in [1.54, 1.807) is 12.3 Å². The van der Waals surface area contributed by atoms with Crippen molar-refractivity contribution in [2.45, 2.75) is 31.7 Å². The van der Waals surface area contributed by atoms with Crippen LogP contribution in [0, 0.1) is 31.4 Å². The predicted molar refractivity (Wildman–Crippen MR) is 181 cm³/mol. The number of nitrogens with zero attached hydrogens (tertiary/aromatic N) is 3. The lowest BCUT2D eigenvalue weighted by atomic mass is 9.58. The highest BCUT2D eigenvalue weighted by molar-refractivity contribution is 14.1. The van der Waals surface area contributed by atoms with E-state index in [1.807, 2.05) is 52.9 Å². The Morgan fingerprint density at radius 3 is 2.70 bits per heavy atom. The number of rotatable bonds is 9. The molecule has 4 atom stereocenters. The zero-order valence-corrected chi connectivity index (χ0v) is 27.4. The molecule has 2 aromatic carbocycles. The standard InChI is InChI=1S/C33H31BIN3O9/c1-46-28-13-18(12-25(35)31(28)40)11-19(26-7-2-3-10-36-26)8-9-27-29-20(17-39)14-23-30(24(29)16-34(43)47-27)33(42)37(32(23)41)21-5-4-6-22(15-21)38(44)45/h2-7,10-13,15,23-24,27,30,39-40,43H,8-9,14,16-17H2,1H3/b19-11-/t23-,24+,27-,30-/m1/s1. The summed E-state index contributed by atoms with van der Waals surface area (Å²) in [7, 11) is 0.264. The molecule has 0 radical (unpaired) electrons. The van der Waals surface area contributed by atoms with Crippen LogP contribution in [0.3, 0.4) is 0 Å². The monoisotopic (exact) mass is 751 g/mol. The zero-order chi connectivity index (χ0) is 33.4. The van der Waals surface area contributed by atoms with Gasteiger partial charge in [-0.05, 0) is 113 Å². The molecule has 12 nitrogen and oxygen atoms in total. The Hall–Kier alpha value is -4.12. The number of phenolic OH excluding ortho intramolecular Hbond substituents is 1. The van der Waals surface area contributed by atoms with E-state index in [0.717, 1.165) is 16.0 Å². The summed E-state index contributed by atoms with van der Waals surface area (Å²) in [6.45, 7) is -0.349. The number of imide groups is 1. The molecule has 6 rings (SSSR count). The number of hydrogen-bond acceptors (Lipinski definition) is 10. The molecular weight excluding hydrogens is 720 g/mol. The summed E-state index contributed by atoms with van der Waals surface area (Å²) in [6, 6.07) is 14.5. The number of methoxy groups -OCH3 is 1. The van der Waals surface area contributed by atoms with E-state index in [9.17, 15) is 34.9 Å². The number of amides is 2. The third kappa shape index (κ3) is 6.29. The van der Waals surface area contributed by atoms with E-state index in [-0.39, 0.29) is 36.5 Å². The SMILES string of the molecule is COc1cc(/C=C(/CC[C@H]2OB(O)C[C@H]3C2=C(CO)C[C@H]2C(=O)N(c4cccc([N+](=O)[O-])c4)C(=O)[C@H]23)c2ccccn2)cc(I)c1O. The molecule has 14 heteroatoms. The molecule has 0 spiro atoms. The van der Waals surface area contributed by atoms with Crippen molar-refractivity contribution in [1.29, 1.82) is 0 Å². The fraction of sp³-hybridized carbons (Fsp3) is 0.303. The minimum absolute atomic E-state index is 0.0448. The summed E-state index contributed by atoms with van der Waals surface area (Å²) < 4.78 is 12.0. The topological polar surface area (TPSA) is 173 Å². The van der Waals surface area contributed by atoms with Crippen molar-refractivity contribution in [3.8, 4) is 11.5 Å². The Labute approximate surface area is 284 Å². The number of pyridine rings is 1. The van der Waals surface area contributed by atoms with Gasteiger partial charge in [-0.1, -0.05) is 12.1 Å². The first kappa shape index (κ1) is 32.8. The van der Waals surface area contributed by atoms with Gasteiger partial charge in [-0.25, -0.2) is 4.90 Å². The number of benzene rings is 2.